The van der Waals surface area contributed by atoms with Crippen LogP contribution in [-0.2, 0) is 4.79 Å². The Morgan fingerprint density at radius 3 is 2.67 bits per heavy atom. The number of allylic oxidation sites excluding steroid dienone is 1. The SMILES string of the molecule is COc1cccc(C2C(C#N)=C(O)NC(=O)C2[n+]2ccccc2)c1. The van der Waals surface area contributed by atoms with Crippen LogP contribution in [-0.4, -0.2) is 18.1 Å². The molecule has 0 spiro atoms. The third-order valence-electron chi connectivity index (χ3n) is 4.03. The molecule has 1 aromatic carbocycles. The number of ether oxygens (including phenoxy) is 1. The second-order valence-electron chi connectivity index (χ2n) is 5.39. The van der Waals surface area contributed by atoms with Crippen molar-refractivity contribution in [1.29, 1.82) is 5.26 Å². The summed E-state index contributed by atoms with van der Waals surface area (Å²) in [5.74, 6) is -0.781. The van der Waals surface area contributed by atoms with Gasteiger partial charge in [0.2, 0.25) is 11.9 Å². The topological polar surface area (TPSA) is 86.2 Å². The van der Waals surface area contributed by atoms with Crippen molar-refractivity contribution in [2.75, 3.05) is 7.11 Å². The number of nitrogens with zero attached hydrogens (tertiary/aromatic N) is 2. The second-order valence-corrected chi connectivity index (χ2v) is 5.39. The molecule has 1 amide bonds. The van der Waals surface area contributed by atoms with E-state index in [9.17, 15) is 15.2 Å². The van der Waals surface area contributed by atoms with Gasteiger partial charge in [-0.2, -0.15) is 9.83 Å². The number of aromatic nitrogens is 1. The first kappa shape index (κ1) is 15.6. The maximum atomic E-state index is 12.5. The van der Waals surface area contributed by atoms with Crippen LogP contribution in [0.5, 0.6) is 5.75 Å². The molecular weight excluding hydrogens is 306 g/mol. The van der Waals surface area contributed by atoms with Gasteiger partial charge in [0, 0.05) is 12.1 Å². The summed E-state index contributed by atoms with van der Waals surface area (Å²) in [6.07, 6.45) is 3.52. The molecule has 6 nitrogen and oxygen atoms in total. The summed E-state index contributed by atoms with van der Waals surface area (Å²) in [5.41, 5.74) is 0.831. The molecule has 3 rings (SSSR count). The summed E-state index contributed by atoms with van der Waals surface area (Å²) in [7, 11) is 1.55. The zero-order valence-electron chi connectivity index (χ0n) is 13.0. The highest BCUT2D eigenvalue weighted by Gasteiger charge is 2.45. The summed E-state index contributed by atoms with van der Waals surface area (Å²) in [6.45, 7) is 0. The predicted molar refractivity (Wildman–Crippen MR) is 84.8 cm³/mol. The van der Waals surface area contributed by atoms with Gasteiger partial charge in [-0.05, 0) is 17.7 Å². The van der Waals surface area contributed by atoms with Gasteiger partial charge in [0.15, 0.2) is 12.4 Å². The van der Waals surface area contributed by atoms with Crippen LogP contribution in [0.25, 0.3) is 0 Å². The van der Waals surface area contributed by atoms with Gasteiger partial charge in [-0.25, -0.2) is 0 Å². The second kappa shape index (κ2) is 6.42. The van der Waals surface area contributed by atoms with Gasteiger partial charge in [0.25, 0.3) is 5.91 Å². The van der Waals surface area contributed by atoms with Crippen molar-refractivity contribution in [3.63, 3.8) is 0 Å². The van der Waals surface area contributed by atoms with Gasteiger partial charge >= 0.3 is 0 Å². The van der Waals surface area contributed by atoms with E-state index in [1.807, 2.05) is 18.2 Å². The summed E-state index contributed by atoms with van der Waals surface area (Å²) in [4.78, 5) is 12.5. The third-order valence-corrected chi connectivity index (χ3v) is 4.03. The highest BCUT2D eigenvalue weighted by Crippen LogP contribution is 2.37. The van der Waals surface area contributed by atoms with E-state index in [4.69, 9.17) is 4.74 Å². The van der Waals surface area contributed by atoms with Gasteiger partial charge in [0.1, 0.15) is 17.4 Å². The maximum Gasteiger partial charge on any atom is 0.296 e. The van der Waals surface area contributed by atoms with E-state index in [-0.39, 0.29) is 11.5 Å². The van der Waals surface area contributed by atoms with Crippen LogP contribution in [0.3, 0.4) is 0 Å². The Hall–Kier alpha value is -3.33. The molecule has 1 aliphatic heterocycles. The summed E-state index contributed by atoms with van der Waals surface area (Å²) < 4.78 is 6.97. The molecule has 2 N–H and O–H groups in total. The van der Waals surface area contributed by atoms with E-state index in [2.05, 4.69) is 5.32 Å². The molecule has 24 heavy (non-hydrogen) atoms. The number of rotatable bonds is 3. The number of pyridine rings is 1. The molecule has 0 bridgehead atoms. The zero-order valence-corrected chi connectivity index (χ0v) is 13.0. The van der Waals surface area contributed by atoms with Crippen LogP contribution in [0.2, 0.25) is 0 Å². The van der Waals surface area contributed by atoms with E-state index >= 15 is 0 Å². The van der Waals surface area contributed by atoms with Crippen molar-refractivity contribution >= 4 is 5.91 Å². The quantitative estimate of drug-likeness (QED) is 0.843. The Balaban J connectivity index is 2.19. The van der Waals surface area contributed by atoms with Crippen molar-refractivity contribution in [3.8, 4) is 11.8 Å². The fraction of sp³-hybridized carbons (Fsp3) is 0.167. The molecule has 0 fully saturated rings. The largest absolute Gasteiger partial charge is 0.497 e. The number of aliphatic hydroxyl groups excluding tert-OH is 1. The highest BCUT2D eigenvalue weighted by molar-refractivity contribution is 5.84. The lowest BCUT2D eigenvalue weighted by Gasteiger charge is -2.27. The minimum atomic E-state index is -0.691. The first-order valence-electron chi connectivity index (χ1n) is 7.39. The maximum absolute atomic E-state index is 12.5. The molecule has 120 valence electrons. The van der Waals surface area contributed by atoms with Crippen LogP contribution in [0.4, 0.5) is 0 Å². The average Bonchev–Trinajstić information content (AvgIpc) is 2.62. The van der Waals surface area contributed by atoms with Gasteiger partial charge in [-0.3, -0.25) is 10.1 Å². The van der Waals surface area contributed by atoms with Crippen molar-refractivity contribution in [2.24, 2.45) is 0 Å². The number of nitrogens with one attached hydrogen (secondary N) is 1. The van der Waals surface area contributed by atoms with Crippen molar-refractivity contribution in [2.45, 2.75) is 12.0 Å². The molecular formula is C18H16N3O3+. The lowest BCUT2D eigenvalue weighted by atomic mass is 9.82. The highest BCUT2D eigenvalue weighted by atomic mass is 16.5. The molecule has 2 atom stereocenters. The minimum Gasteiger partial charge on any atom is -0.497 e. The number of aliphatic hydroxyl groups is 1. The Kier molecular flexibility index (Phi) is 4.17. The van der Waals surface area contributed by atoms with E-state index < -0.39 is 17.8 Å². The molecule has 2 unspecified atom stereocenters. The van der Waals surface area contributed by atoms with Crippen LogP contribution >= 0.6 is 0 Å². The number of nitriles is 1. The predicted octanol–water partition coefficient (Wildman–Crippen LogP) is 1.73. The first-order valence-corrected chi connectivity index (χ1v) is 7.39. The molecule has 2 heterocycles. The smallest absolute Gasteiger partial charge is 0.296 e. The van der Waals surface area contributed by atoms with Gasteiger partial charge in [0.05, 0.1) is 13.0 Å². The molecule has 1 aromatic heterocycles. The van der Waals surface area contributed by atoms with Crippen LogP contribution in [0.15, 0.2) is 66.3 Å². The van der Waals surface area contributed by atoms with Gasteiger partial charge < -0.3 is 9.84 Å². The molecule has 0 aliphatic carbocycles. The van der Waals surface area contributed by atoms with E-state index in [0.717, 1.165) is 0 Å². The Morgan fingerprint density at radius 2 is 2.00 bits per heavy atom. The molecule has 2 aromatic rings. The fourth-order valence-electron chi connectivity index (χ4n) is 2.93. The lowest BCUT2D eigenvalue weighted by Crippen LogP contribution is -2.53. The Bertz CT molecular complexity index is 840. The molecule has 0 saturated carbocycles. The van der Waals surface area contributed by atoms with Crippen LogP contribution in [0, 0.1) is 11.3 Å². The number of carbonyl (C=O) groups is 1. The molecule has 1 aliphatic rings. The summed E-state index contributed by atoms with van der Waals surface area (Å²) in [6, 6.07) is 13.9. The number of carbonyl (C=O) groups excluding carboxylic acids is 1. The molecule has 0 radical (unpaired) electrons. The fourth-order valence-corrected chi connectivity index (χ4v) is 2.93. The van der Waals surface area contributed by atoms with Crippen LogP contribution < -0.4 is 14.6 Å². The van der Waals surface area contributed by atoms with Gasteiger partial charge in [-0.15, -0.1) is 0 Å². The Labute approximate surface area is 139 Å². The molecule has 0 saturated heterocycles. The third kappa shape index (κ3) is 2.68. The molecule has 6 heteroatoms. The Morgan fingerprint density at radius 1 is 1.25 bits per heavy atom. The summed E-state index contributed by atoms with van der Waals surface area (Å²) >= 11 is 0. The van der Waals surface area contributed by atoms with Crippen LogP contribution in [0.1, 0.15) is 17.5 Å². The van der Waals surface area contributed by atoms with E-state index in [1.165, 1.54) is 0 Å². The number of benzene rings is 1. The average molecular weight is 322 g/mol. The monoisotopic (exact) mass is 322 g/mol. The summed E-state index contributed by atoms with van der Waals surface area (Å²) in [5, 5.41) is 21.9. The standard InChI is InChI=1S/C18H15N3O3/c1-24-13-7-5-6-12(10-13)15-14(11-19)17(22)20-18(23)16(15)21-8-3-2-4-9-21/h2-10,15-16H,1H3,(H-,20,22,23)/p+1. The van der Waals surface area contributed by atoms with Crippen molar-refractivity contribution in [1.82, 2.24) is 5.32 Å². The number of methoxy groups -OCH3 is 1. The number of hydrogen-bond acceptors (Lipinski definition) is 4. The van der Waals surface area contributed by atoms with E-state index in [0.29, 0.717) is 11.3 Å². The lowest BCUT2D eigenvalue weighted by molar-refractivity contribution is -0.711. The zero-order chi connectivity index (χ0) is 17.1. The number of amides is 1. The van der Waals surface area contributed by atoms with E-state index in [1.54, 1.807) is 54.4 Å². The van der Waals surface area contributed by atoms with Crippen molar-refractivity contribution < 1.29 is 19.2 Å². The van der Waals surface area contributed by atoms with Crippen molar-refractivity contribution in [3.05, 3.63) is 71.9 Å². The number of hydrogen-bond donors (Lipinski definition) is 2. The first-order chi connectivity index (χ1) is 11.7. The van der Waals surface area contributed by atoms with Gasteiger partial charge in [-0.1, -0.05) is 18.2 Å². The normalized spacial score (nSPS) is 20.2. The minimum absolute atomic E-state index is 0.115.